The fraction of sp³-hybridized carbons (Fsp3) is 0.562. The molecule has 1 saturated heterocycles. The van der Waals surface area contributed by atoms with Crippen LogP contribution in [0.4, 0.5) is 5.69 Å². The van der Waals surface area contributed by atoms with Gasteiger partial charge in [-0.2, -0.15) is 4.31 Å². The van der Waals surface area contributed by atoms with Crippen molar-refractivity contribution in [1.29, 1.82) is 0 Å². The Balaban J connectivity index is 2.18. The highest BCUT2D eigenvalue weighted by atomic mass is 32.2. The number of anilines is 1. The fourth-order valence-corrected chi connectivity index (χ4v) is 5.18. The van der Waals surface area contributed by atoms with Crippen LogP contribution in [0.1, 0.15) is 40.0 Å². The van der Waals surface area contributed by atoms with E-state index in [-0.39, 0.29) is 12.1 Å². The van der Waals surface area contributed by atoms with E-state index < -0.39 is 10.0 Å². The molecule has 0 aromatic heterocycles. The first-order valence-electron chi connectivity index (χ1n) is 8.04. The van der Waals surface area contributed by atoms with Crippen LogP contribution in [0, 0.1) is 0 Å². The molecule has 128 valence electrons. The maximum absolute atomic E-state index is 12.9. The van der Waals surface area contributed by atoms with Gasteiger partial charge in [0.2, 0.25) is 10.0 Å². The van der Waals surface area contributed by atoms with Crippen molar-refractivity contribution in [3.05, 3.63) is 24.3 Å². The summed E-state index contributed by atoms with van der Waals surface area (Å²) >= 11 is 5.13. The zero-order valence-electron chi connectivity index (χ0n) is 13.9. The second-order valence-electron chi connectivity index (χ2n) is 5.97. The molecule has 23 heavy (non-hydrogen) atoms. The highest BCUT2D eigenvalue weighted by Gasteiger charge is 2.35. The Hall–Kier alpha value is -1.18. The van der Waals surface area contributed by atoms with E-state index >= 15 is 0 Å². The van der Waals surface area contributed by atoms with Gasteiger partial charge in [0.1, 0.15) is 0 Å². The molecule has 2 rings (SSSR count). The average molecular weight is 356 g/mol. The lowest BCUT2D eigenvalue weighted by Crippen LogP contribution is -2.47. The maximum Gasteiger partial charge on any atom is 0.243 e. The van der Waals surface area contributed by atoms with Gasteiger partial charge < -0.3 is 10.6 Å². The van der Waals surface area contributed by atoms with Gasteiger partial charge in [-0.05, 0) is 70.1 Å². The fourth-order valence-electron chi connectivity index (χ4n) is 3.04. The molecule has 1 fully saturated rings. The van der Waals surface area contributed by atoms with Crippen molar-refractivity contribution in [1.82, 2.24) is 9.62 Å². The lowest BCUT2D eigenvalue weighted by atomic mass is 10.0. The van der Waals surface area contributed by atoms with Crippen molar-refractivity contribution >= 4 is 33.0 Å². The standard InChI is InChI=1S/C16H25N3O2S2/c1-4-17-16(22)18-14-8-10-15(11-9-14)23(20,21)19-12(2)6-5-7-13(19)3/h8-13H,4-7H2,1-3H3,(H2,17,18,22)/t12-,13-/m1/s1. The Morgan fingerprint density at radius 1 is 1.22 bits per heavy atom. The zero-order valence-corrected chi connectivity index (χ0v) is 15.5. The molecule has 1 aromatic rings. The molecule has 7 heteroatoms. The number of benzene rings is 1. The summed E-state index contributed by atoms with van der Waals surface area (Å²) in [4.78, 5) is 0.331. The lowest BCUT2D eigenvalue weighted by Gasteiger charge is -2.37. The molecule has 0 saturated carbocycles. The Morgan fingerprint density at radius 3 is 2.30 bits per heavy atom. The molecule has 1 aliphatic heterocycles. The van der Waals surface area contributed by atoms with Crippen molar-refractivity contribution in [2.24, 2.45) is 0 Å². The van der Waals surface area contributed by atoms with E-state index in [2.05, 4.69) is 10.6 Å². The predicted octanol–water partition coefficient (Wildman–Crippen LogP) is 2.94. The zero-order chi connectivity index (χ0) is 17.0. The van der Waals surface area contributed by atoms with Crippen molar-refractivity contribution < 1.29 is 8.42 Å². The number of nitrogens with zero attached hydrogens (tertiary/aromatic N) is 1. The smallest absolute Gasteiger partial charge is 0.243 e. The summed E-state index contributed by atoms with van der Waals surface area (Å²) in [5, 5.41) is 6.56. The molecule has 0 amide bonds. The van der Waals surface area contributed by atoms with Crippen LogP contribution in [0.25, 0.3) is 0 Å². The van der Waals surface area contributed by atoms with Crippen LogP contribution in [-0.2, 0) is 10.0 Å². The number of nitrogens with one attached hydrogen (secondary N) is 2. The van der Waals surface area contributed by atoms with Gasteiger partial charge in [0.25, 0.3) is 0 Å². The van der Waals surface area contributed by atoms with Gasteiger partial charge in [0, 0.05) is 24.3 Å². The third-order valence-electron chi connectivity index (χ3n) is 4.14. The van der Waals surface area contributed by atoms with Crippen molar-refractivity contribution in [2.75, 3.05) is 11.9 Å². The van der Waals surface area contributed by atoms with Crippen molar-refractivity contribution in [2.45, 2.75) is 57.0 Å². The Bertz CT molecular complexity index is 634. The SMILES string of the molecule is CCNC(=S)Nc1ccc(S(=O)(=O)N2[C@H](C)CCC[C@H]2C)cc1. The molecule has 0 aliphatic carbocycles. The first kappa shape index (κ1) is 18.2. The van der Waals surface area contributed by atoms with Gasteiger partial charge in [-0.1, -0.05) is 6.42 Å². The maximum atomic E-state index is 12.9. The summed E-state index contributed by atoms with van der Waals surface area (Å²) in [6, 6.07) is 6.86. The quantitative estimate of drug-likeness (QED) is 0.813. The lowest BCUT2D eigenvalue weighted by molar-refractivity contribution is 0.204. The monoisotopic (exact) mass is 355 g/mol. The Kier molecular flexibility index (Phi) is 6.00. The number of hydrogen-bond acceptors (Lipinski definition) is 3. The van der Waals surface area contributed by atoms with Gasteiger partial charge >= 0.3 is 0 Å². The summed E-state index contributed by atoms with van der Waals surface area (Å²) < 4.78 is 27.5. The Morgan fingerprint density at radius 2 is 1.78 bits per heavy atom. The van der Waals surface area contributed by atoms with Gasteiger partial charge in [-0.3, -0.25) is 0 Å². The molecule has 2 N–H and O–H groups in total. The third-order valence-corrected chi connectivity index (χ3v) is 6.53. The molecule has 1 aromatic carbocycles. The number of hydrogen-bond donors (Lipinski definition) is 2. The van der Waals surface area contributed by atoms with E-state index in [0.29, 0.717) is 10.0 Å². The molecule has 2 atom stereocenters. The first-order valence-corrected chi connectivity index (χ1v) is 9.89. The van der Waals surface area contributed by atoms with Gasteiger partial charge in [0.05, 0.1) is 4.90 Å². The summed E-state index contributed by atoms with van der Waals surface area (Å²) in [7, 11) is -3.46. The molecule has 5 nitrogen and oxygen atoms in total. The molecule has 1 heterocycles. The summed E-state index contributed by atoms with van der Waals surface area (Å²) in [6.45, 7) is 6.67. The van der Waals surface area contributed by atoms with E-state index in [1.165, 1.54) is 0 Å². The topological polar surface area (TPSA) is 61.4 Å². The molecule has 0 unspecified atom stereocenters. The molecule has 0 spiro atoms. The predicted molar refractivity (Wildman–Crippen MR) is 98.1 cm³/mol. The second kappa shape index (κ2) is 7.59. The van der Waals surface area contributed by atoms with E-state index in [1.807, 2.05) is 20.8 Å². The number of rotatable bonds is 4. The van der Waals surface area contributed by atoms with Crippen molar-refractivity contribution in [3.63, 3.8) is 0 Å². The average Bonchev–Trinajstić information content (AvgIpc) is 2.47. The third kappa shape index (κ3) is 4.22. The normalized spacial score (nSPS) is 22.6. The number of thiocarbonyl (C=S) groups is 1. The van der Waals surface area contributed by atoms with Crippen LogP contribution in [0.2, 0.25) is 0 Å². The van der Waals surface area contributed by atoms with Gasteiger partial charge in [-0.15, -0.1) is 0 Å². The van der Waals surface area contributed by atoms with Crippen LogP contribution in [0.15, 0.2) is 29.2 Å². The molecular formula is C16H25N3O2S2. The summed E-state index contributed by atoms with van der Waals surface area (Å²) in [5.74, 6) is 0. The van der Waals surface area contributed by atoms with E-state index in [0.717, 1.165) is 31.5 Å². The van der Waals surface area contributed by atoms with Crippen LogP contribution >= 0.6 is 12.2 Å². The molecule has 1 aliphatic rings. The Labute approximate surface area is 144 Å². The van der Waals surface area contributed by atoms with Gasteiger partial charge in [0.15, 0.2) is 5.11 Å². The second-order valence-corrected chi connectivity index (χ2v) is 8.22. The van der Waals surface area contributed by atoms with Crippen LogP contribution in [0.5, 0.6) is 0 Å². The molecule has 0 radical (unpaired) electrons. The number of piperidine rings is 1. The largest absolute Gasteiger partial charge is 0.363 e. The minimum Gasteiger partial charge on any atom is -0.363 e. The van der Waals surface area contributed by atoms with Crippen LogP contribution in [0.3, 0.4) is 0 Å². The van der Waals surface area contributed by atoms with E-state index in [4.69, 9.17) is 12.2 Å². The van der Waals surface area contributed by atoms with Crippen LogP contribution < -0.4 is 10.6 Å². The highest BCUT2D eigenvalue weighted by Crippen LogP contribution is 2.29. The van der Waals surface area contributed by atoms with E-state index in [9.17, 15) is 8.42 Å². The molecule has 0 bridgehead atoms. The minimum absolute atomic E-state index is 0.0443. The molecular weight excluding hydrogens is 330 g/mol. The van der Waals surface area contributed by atoms with Crippen LogP contribution in [-0.4, -0.2) is 36.5 Å². The number of sulfonamides is 1. The minimum atomic E-state index is -3.46. The summed E-state index contributed by atoms with van der Waals surface area (Å²) in [5.41, 5.74) is 0.773. The van der Waals surface area contributed by atoms with Crippen molar-refractivity contribution in [3.8, 4) is 0 Å². The van der Waals surface area contributed by atoms with Gasteiger partial charge in [-0.25, -0.2) is 8.42 Å². The summed E-state index contributed by atoms with van der Waals surface area (Å²) in [6.07, 6.45) is 2.92. The van der Waals surface area contributed by atoms with E-state index in [1.54, 1.807) is 28.6 Å². The highest BCUT2D eigenvalue weighted by molar-refractivity contribution is 7.89. The first-order chi connectivity index (χ1) is 10.9.